The van der Waals surface area contributed by atoms with E-state index in [2.05, 4.69) is 10.3 Å². The van der Waals surface area contributed by atoms with Crippen molar-refractivity contribution < 1.29 is 19.5 Å². The summed E-state index contributed by atoms with van der Waals surface area (Å²) in [6.45, 7) is 0. The van der Waals surface area contributed by atoms with Crippen molar-refractivity contribution in [3.8, 4) is 0 Å². The maximum atomic E-state index is 11.7. The van der Waals surface area contributed by atoms with Crippen molar-refractivity contribution in [3.05, 3.63) is 34.2 Å². The average molecular weight is 267 g/mol. The van der Waals surface area contributed by atoms with Gasteiger partial charge in [0, 0.05) is 18.7 Å². The van der Waals surface area contributed by atoms with Gasteiger partial charge in [-0.25, -0.2) is 4.79 Å². The number of carboxylic acid groups (broad SMARTS) is 1. The van der Waals surface area contributed by atoms with Crippen LogP contribution in [0.2, 0.25) is 0 Å². The minimum Gasteiger partial charge on any atom is -0.480 e. The predicted molar refractivity (Wildman–Crippen MR) is 64.4 cm³/mol. The molecular weight excluding hydrogens is 254 g/mol. The second-order valence-electron chi connectivity index (χ2n) is 3.81. The van der Waals surface area contributed by atoms with Crippen molar-refractivity contribution in [3.63, 3.8) is 0 Å². The number of rotatable bonds is 6. The maximum absolute atomic E-state index is 11.7. The molecule has 1 atom stereocenters. The SMILES string of the molecule is NC(=O)CC[C@H](NC(=O)c1ccc(=O)[nH]c1)C(=O)O. The molecule has 0 saturated heterocycles. The first-order valence-corrected chi connectivity index (χ1v) is 5.41. The Balaban J connectivity index is 2.70. The fraction of sp³-hybridized carbons (Fsp3) is 0.273. The lowest BCUT2D eigenvalue weighted by Gasteiger charge is -2.13. The molecule has 0 aliphatic carbocycles. The summed E-state index contributed by atoms with van der Waals surface area (Å²) in [6, 6.07) is 1.20. The van der Waals surface area contributed by atoms with Gasteiger partial charge in [-0.05, 0) is 12.5 Å². The number of H-pyrrole nitrogens is 1. The van der Waals surface area contributed by atoms with E-state index < -0.39 is 23.8 Å². The first-order chi connectivity index (χ1) is 8.90. The van der Waals surface area contributed by atoms with Gasteiger partial charge in [0.1, 0.15) is 6.04 Å². The van der Waals surface area contributed by atoms with Gasteiger partial charge < -0.3 is 21.1 Å². The van der Waals surface area contributed by atoms with E-state index in [0.29, 0.717) is 0 Å². The minimum atomic E-state index is -1.26. The summed E-state index contributed by atoms with van der Waals surface area (Å²) >= 11 is 0. The third-order valence-corrected chi connectivity index (χ3v) is 2.33. The molecule has 0 radical (unpaired) electrons. The number of carboxylic acids is 1. The third kappa shape index (κ3) is 4.62. The second-order valence-corrected chi connectivity index (χ2v) is 3.81. The van der Waals surface area contributed by atoms with Gasteiger partial charge in [-0.3, -0.25) is 14.4 Å². The highest BCUT2D eigenvalue weighted by atomic mass is 16.4. The Kier molecular flexibility index (Phi) is 4.81. The largest absolute Gasteiger partial charge is 0.480 e. The van der Waals surface area contributed by atoms with E-state index in [-0.39, 0.29) is 24.0 Å². The number of nitrogens with one attached hydrogen (secondary N) is 2. The van der Waals surface area contributed by atoms with E-state index in [1.165, 1.54) is 12.3 Å². The number of hydrogen-bond donors (Lipinski definition) is 4. The second kappa shape index (κ2) is 6.34. The van der Waals surface area contributed by atoms with Gasteiger partial charge in [-0.15, -0.1) is 0 Å². The fourth-order valence-electron chi connectivity index (χ4n) is 1.34. The summed E-state index contributed by atoms with van der Waals surface area (Å²) in [7, 11) is 0. The lowest BCUT2D eigenvalue weighted by atomic mass is 10.1. The molecule has 0 bridgehead atoms. The molecule has 1 aromatic heterocycles. The smallest absolute Gasteiger partial charge is 0.326 e. The van der Waals surface area contributed by atoms with Gasteiger partial charge in [0.25, 0.3) is 5.91 Å². The molecular formula is C11H13N3O5. The summed E-state index contributed by atoms with van der Waals surface area (Å²) in [5.74, 6) is -2.57. The van der Waals surface area contributed by atoms with Crippen molar-refractivity contribution in [1.29, 1.82) is 0 Å². The van der Waals surface area contributed by atoms with E-state index in [1.54, 1.807) is 0 Å². The number of hydrogen-bond acceptors (Lipinski definition) is 4. The molecule has 5 N–H and O–H groups in total. The summed E-state index contributed by atoms with van der Waals surface area (Å²) in [6.07, 6.45) is 0.924. The van der Waals surface area contributed by atoms with E-state index in [4.69, 9.17) is 10.8 Å². The Labute approximate surface area is 107 Å². The lowest BCUT2D eigenvalue weighted by molar-refractivity contribution is -0.139. The molecule has 0 aromatic carbocycles. The maximum Gasteiger partial charge on any atom is 0.326 e. The summed E-state index contributed by atoms with van der Waals surface area (Å²) in [5.41, 5.74) is 4.66. The zero-order chi connectivity index (χ0) is 14.4. The third-order valence-electron chi connectivity index (χ3n) is 2.33. The Morgan fingerprint density at radius 3 is 2.53 bits per heavy atom. The van der Waals surface area contributed by atoms with Gasteiger partial charge in [-0.2, -0.15) is 0 Å². The number of aromatic nitrogens is 1. The summed E-state index contributed by atoms with van der Waals surface area (Å²) in [4.78, 5) is 46.3. The molecule has 0 saturated carbocycles. The molecule has 0 aliphatic heterocycles. The number of carbonyl (C=O) groups excluding carboxylic acids is 2. The summed E-state index contributed by atoms with van der Waals surface area (Å²) in [5, 5.41) is 11.1. The van der Waals surface area contributed by atoms with E-state index in [1.807, 2.05) is 0 Å². The van der Waals surface area contributed by atoms with Crippen LogP contribution in [0.5, 0.6) is 0 Å². The van der Waals surface area contributed by atoms with E-state index in [9.17, 15) is 19.2 Å². The van der Waals surface area contributed by atoms with Gasteiger partial charge in [-0.1, -0.05) is 0 Å². The number of nitrogens with two attached hydrogens (primary N) is 1. The molecule has 0 fully saturated rings. The highest BCUT2D eigenvalue weighted by molar-refractivity contribution is 5.96. The van der Waals surface area contributed by atoms with Crippen LogP contribution in [-0.2, 0) is 9.59 Å². The highest BCUT2D eigenvalue weighted by Gasteiger charge is 2.21. The number of primary amides is 1. The van der Waals surface area contributed by atoms with Gasteiger partial charge >= 0.3 is 5.97 Å². The van der Waals surface area contributed by atoms with E-state index in [0.717, 1.165) is 6.07 Å². The quantitative estimate of drug-likeness (QED) is 0.513. The van der Waals surface area contributed by atoms with Crippen LogP contribution in [0.25, 0.3) is 0 Å². The van der Waals surface area contributed by atoms with Crippen molar-refractivity contribution in [2.24, 2.45) is 5.73 Å². The Bertz CT molecular complexity index is 531. The first-order valence-electron chi connectivity index (χ1n) is 5.41. The molecule has 0 aliphatic rings. The molecule has 0 unspecified atom stereocenters. The molecule has 2 amide bonds. The zero-order valence-electron chi connectivity index (χ0n) is 9.88. The molecule has 1 rings (SSSR count). The van der Waals surface area contributed by atoms with Crippen LogP contribution in [0.1, 0.15) is 23.2 Å². The molecule has 19 heavy (non-hydrogen) atoms. The molecule has 1 aromatic rings. The van der Waals surface area contributed by atoms with Gasteiger partial charge in [0.05, 0.1) is 5.56 Å². The number of amides is 2. The van der Waals surface area contributed by atoms with Crippen molar-refractivity contribution in [2.75, 3.05) is 0 Å². The van der Waals surface area contributed by atoms with E-state index >= 15 is 0 Å². The average Bonchev–Trinajstić information content (AvgIpc) is 2.34. The van der Waals surface area contributed by atoms with Crippen LogP contribution in [0, 0.1) is 0 Å². The number of aromatic amines is 1. The number of aliphatic carboxylic acids is 1. The normalized spacial score (nSPS) is 11.6. The van der Waals surface area contributed by atoms with Gasteiger partial charge in [0.2, 0.25) is 11.5 Å². The van der Waals surface area contributed by atoms with Crippen LogP contribution in [0.15, 0.2) is 23.1 Å². The van der Waals surface area contributed by atoms with Crippen molar-refractivity contribution in [2.45, 2.75) is 18.9 Å². The topological polar surface area (TPSA) is 142 Å². The number of carbonyl (C=O) groups is 3. The lowest BCUT2D eigenvalue weighted by Crippen LogP contribution is -2.41. The molecule has 8 nitrogen and oxygen atoms in total. The van der Waals surface area contributed by atoms with Crippen LogP contribution in [0.3, 0.4) is 0 Å². The Morgan fingerprint density at radius 2 is 2.05 bits per heavy atom. The molecule has 102 valence electrons. The fourth-order valence-corrected chi connectivity index (χ4v) is 1.34. The number of pyridine rings is 1. The van der Waals surface area contributed by atoms with Crippen molar-refractivity contribution in [1.82, 2.24) is 10.3 Å². The predicted octanol–water partition coefficient (Wildman–Crippen LogP) is -1.18. The van der Waals surface area contributed by atoms with Crippen molar-refractivity contribution >= 4 is 17.8 Å². The standard InChI is InChI=1S/C11H13N3O5/c12-8(15)3-2-7(11(18)19)14-10(17)6-1-4-9(16)13-5-6/h1,4-5,7H,2-3H2,(H2,12,15)(H,13,16)(H,14,17)(H,18,19)/t7-/m0/s1. The monoisotopic (exact) mass is 267 g/mol. The van der Waals surface area contributed by atoms with Gasteiger partial charge in [0.15, 0.2) is 0 Å². The van der Waals surface area contributed by atoms with Crippen LogP contribution in [0.4, 0.5) is 0 Å². The van der Waals surface area contributed by atoms with Crippen LogP contribution >= 0.6 is 0 Å². The minimum absolute atomic E-state index is 0.0975. The Morgan fingerprint density at radius 1 is 1.37 bits per heavy atom. The molecule has 0 spiro atoms. The van der Waals surface area contributed by atoms with Crippen LogP contribution in [-0.4, -0.2) is 33.9 Å². The summed E-state index contributed by atoms with van der Waals surface area (Å²) < 4.78 is 0. The molecule has 1 heterocycles. The Hall–Kier alpha value is -2.64. The molecule has 8 heteroatoms. The highest BCUT2D eigenvalue weighted by Crippen LogP contribution is 2.00. The first kappa shape index (κ1) is 14.4. The van der Waals surface area contributed by atoms with Crippen LogP contribution < -0.4 is 16.6 Å². The zero-order valence-corrected chi connectivity index (χ0v) is 9.88.